The van der Waals surface area contributed by atoms with Crippen LogP contribution in [0, 0.1) is 0 Å². The van der Waals surface area contributed by atoms with Crippen LogP contribution in [0.15, 0.2) is 66.7 Å². The number of nitrogens with zero attached hydrogens (tertiary/aromatic N) is 3. The zero-order valence-corrected chi connectivity index (χ0v) is 17.7. The predicted molar refractivity (Wildman–Crippen MR) is 121 cm³/mol. The molecule has 2 heterocycles. The molecular weight excluding hydrogens is 392 g/mol. The number of esters is 1. The van der Waals surface area contributed by atoms with Crippen molar-refractivity contribution < 1.29 is 14.3 Å². The van der Waals surface area contributed by atoms with Crippen molar-refractivity contribution in [3.8, 4) is 0 Å². The number of benzene rings is 2. The molecule has 1 aliphatic rings. The smallest absolute Gasteiger partial charge is 0.337 e. The maximum atomic E-state index is 12.8. The molecule has 0 fully saturated rings. The number of aromatic nitrogens is 1. The Labute approximate surface area is 181 Å². The average molecular weight is 416 g/mol. The molecule has 0 saturated heterocycles. The minimum Gasteiger partial charge on any atom is -0.465 e. The summed E-state index contributed by atoms with van der Waals surface area (Å²) in [6, 6.07) is 20.4. The molecule has 2 aromatic carbocycles. The summed E-state index contributed by atoms with van der Waals surface area (Å²) in [6.07, 6.45) is 0. The Hall–Kier alpha value is -3.87. The van der Waals surface area contributed by atoms with Crippen molar-refractivity contribution in [1.82, 2.24) is 4.98 Å². The van der Waals surface area contributed by atoms with E-state index in [1.807, 2.05) is 54.3 Å². The number of carbonyl (C=O) groups is 2. The highest BCUT2D eigenvalue weighted by Gasteiger charge is 2.34. The highest BCUT2D eigenvalue weighted by molar-refractivity contribution is 6.04. The molecule has 0 spiro atoms. The number of anilines is 4. The highest BCUT2D eigenvalue weighted by Crippen LogP contribution is 2.36. The van der Waals surface area contributed by atoms with E-state index in [0.29, 0.717) is 17.9 Å². The molecule has 4 rings (SSSR count). The molecule has 1 amide bonds. The van der Waals surface area contributed by atoms with Crippen LogP contribution in [0.25, 0.3) is 0 Å². The minimum atomic E-state index is -0.378. The molecule has 7 heteroatoms. The van der Waals surface area contributed by atoms with E-state index in [1.165, 1.54) is 7.11 Å². The number of pyridine rings is 1. The van der Waals surface area contributed by atoms with Crippen molar-refractivity contribution >= 4 is 34.9 Å². The molecule has 3 aromatic rings. The molecule has 1 N–H and O–H groups in total. The van der Waals surface area contributed by atoms with Gasteiger partial charge in [-0.15, -0.1) is 0 Å². The van der Waals surface area contributed by atoms with E-state index in [2.05, 4.69) is 5.32 Å². The van der Waals surface area contributed by atoms with Gasteiger partial charge in [-0.3, -0.25) is 4.79 Å². The van der Waals surface area contributed by atoms with Crippen molar-refractivity contribution in [3.63, 3.8) is 0 Å². The van der Waals surface area contributed by atoms with Gasteiger partial charge in [-0.2, -0.15) is 0 Å². The highest BCUT2D eigenvalue weighted by atomic mass is 16.5. The quantitative estimate of drug-likeness (QED) is 0.634. The van der Waals surface area contributed by atoms with E-state index < -0.39 is 0 Å². The van der Waals surface area contributed by atoms with Crippen LogP contribution < -0.4 is 15.1 Å². The normalized spacial score (nSPS) is 15.5. The van der Waals surface area contributed by atoms with Gasteiger partial charge in [-0.1, -0.05) is 30.3 Å². The number of methoxy groups -OCH3 is 1. The number of hydrogen-bond acceptors (Lipinski definition) is 6. The Kier molecular flexibility index (Phi) is 5.58. The molecule has 1 aliphatic heterocycles. The SMILES string of the molecule is COC(=O)c1ccc(Nc2ccc3c(n2)N(Cc2ccccc2)C(C)C(=O)N3C)cc1. The lowest BCUT2D eigenvalue weighted by Gasteiger charge is -2.39. The minimum absolute atomic E-state index is 0.0318. The van der Waals surface area contributed by atoms with Crippen LogP contribution in [0.1, 0.15) is 22.8 Å². The van der Waals surface area contributed by atoms with Crippen LogP contribution in [-0.2, 0) is 16.1 Å². The lowest BCUT2D eigenvalue weighted by Crippen LogP contribution is -2.50. The molecular formula is C24H24N4O3. The molecule has 7 nitrogen and oxygen atoms in total. The lowest BCUT2D eigenvalue weighted by atomic mass is 10.1. The first-order chi connectivity index (χ1) is 15.0. The lowest BCUT2D eigenvalue weighted by molar-refractivity contribution is -0.119. The van der Waals surface area contributed by atoms with Gasteiger partial charge in [0.25, 0.3) is 0 Å². The van der Waals surface area contributed by atoms with Crippen LogP contribution in [0.3, 0.4) is 0 Å². The Balaban J connectivity index is 1.64. The average Bonchev–Trinajstić information content (AvgIpc) is 2.81. The topological polar surface area (TPSA) is 74.8 Å². The van der Waals surface area contributed by atoms with Gasteiger partial charge < -0.3 is 19.9 Å². The zero-order valence-electron chi connectivity index (χ0n) is 17.7. The van der Waals surface area contributed by atoms with E-state index in [-0.39, 0.29) is 17.9 Å². The van der Waals surface area contributed by atoms with Gasteiger partial charge in [0.1, 0.15) is 11.9 Å². The Bertz CT molecular complexity index is 1100. The fourth-order valence-corrected chi connectivity index (χ4v) is 3.65. The summed E-state index contributed by atoms with van der Waals surface area (Å²) in [4.78, 5) is 32.9. The van der Waals surface area contributed by atoms with Crippen LogP contribution >= 0.6 is 0 Å². The first kappa shape index (κ1) is 20.4. The molecule has 0 bridgehead atoms. The number of amides is 1. The van der Waals surface area contributed by atoms with Crippen LogP contribution in [0.5, 0.6) is 0 Å². The van der Waals surface area contributed by atoms with Gasteiger partial charge in [-0.05, 0) is 48.9 Å². The number of rotatable bonds is 5. The maximum Gasteiger partial charge on any atom is 0.337 e. The first-order valence-electron chi connectivity index (χ1n) is 10.0. The van der Waals surface area contributed by atoms with Crippen molar-refractivity contribution in [2.24, 2.45) is 0 Å². The number of ether oxygens (including phenoxy) is 1. The second-order valence-electron chi connectivity index (χ2n) is 7.42. The summed E-state index contributed by atoms with van der Waals surface area (Å²) in [7, 11) is 3.13. The molecule has 1 unspecified atom stereocenters. The third-order valence-corrected chi connectivity index (χ3v) is 5.42. The van der Waals surface area contributed by atoms with E-state index in [9.17, 15) is 9.59 Å². The van der Waals surface area contributed by atoms with E-state index in [1.54, 1.807) is 36.2 Å². The van der Waals surface area contributed by atoms with Gasteiger partial charge >= 0.3 is 5.97 Å². The summed E-state index contributed by atoms with van der Waals surface area (Å²) >= 11 is 0. The second kappa shape index (κ2) is 8.47. The monoisotopic (exact) mass is 416 g/mol. The van der Waals surface area contributed by atoms with E-state index in [4.69, 9.17) is 9.72 Å². The molecule has 158 valence electrons. The summed E-state index contributed by atoms with van der Waals surface area (Å²) in [5, 5.41) is 3.27. The molecule has 31 heavy (non-hydrogen) atoms. The fraction of sp³-hybridized carbons (Fsp3) is 0.208. The maximum absolute atomic E-state index is 12.8. The van der Waals surface area contributed by atoms with Gasteiger partial charge in [0.2, 0.25) is 5.91 Å². The summed E-state index contributed by atoms with van der Waals surface area (Å²) < 4.78 is 4.74. The second-order valence-corrected chi connectivity index (χ2v) is 7.42. The van der Waals surface area contributed by atoms with Crippen molar-refractivity contribution in [2.75, 3.05) is 29.3 Å². The van der Waals surface area contributed by atoms with Crippen molar-refractivity contribution in [2.45, 2.75) is 19.5 Å². The number of carbonyl (C=O) groups excluding carboxylic acids is 2. The van der Waals surface area contributed by atoms with E-state index in [0.717, 1.165) is 22.8 Å². The summed E-state index contributed by atoms with van der Waals surface area (Å²) in [6.45, 7) is 2.48. The summed E-state index contributed by atoms with van der Waals surface area (Å²) in [5.41, 5.74) is 3.15. The summed E-state index contributed by atoms with van der Waals surface area (Å²) in [5.74, 6) is 1.05. The van der Waals surface area contributed by atoms with Crippen molar-refractivity contribution in [1.29, 1.82) is 0 Å². The van der Waals surface area contributed by atoms with Gasteiger partial charge in [-0.25, -0.2) is 9.78 Å². The standard InChI is InChI=1S/C24H24N4O3/c1-16-23(29)27(2)20-13-14-21(25-19-11-9-18(10-12-19)24(30)31-3)26-22(20)28(16)15-17-7-5-4-6-8-17/h4-14,16H,15H2,1-3H3,(H,25,26). The number of likely N-dealkylation sites (N-methyl/N-ethyl adjacent to an activating group) is 1. The van der Waals surface area contributed by atoms with Gasteiger partial charge in [0.05, 0.1) is 18.4 Å². The molecule has 1 aromatic heterocycles. The Morgan fingerprint density at radius 2 is 1.77 bits per heavy atom. The fourth-order valence-electron chi connectivity index (χ4n) is 3.65. The molecule has 0 aliphatic carbocycles. The third-order valence-electron chi connectivity index (χ3n) is 5.42. The zero-order chi connectivity index (χ0) is 22.0. The number of nitrogens with one attached hydrogen (secondary N) is 1. The Morgan fingerprint density at radius 3 is 2.45 bits per heavy atom. The van der Waals surface area contributed by atoms with Crippen LogP contribution in [0.4, 0.5) is 23.0 Å². The third kappa shape index (κ3) is 4.07. The molecule has 1 atom stereocenters. The first-order valence-corrected chi connectivity index (χ1v) is 10.0. The van der Waals surface area contributed by atoms with E-state index >= 15 is 0 Å². The Morgan fingerprint density at radius 1 is 1.06 bits per heavy atom. The molecule has 0 saturated carbocycles. The largest absolute Gasteiger partial charge is 0.465 e. The van der Waals surface area contributed by atoms with Crippen LogP contribution in [0.2, 0.25) is 0 Å². The van der Waals surface area contributed by atoms with Gasteiger partial charge in [0, 0.05) is 19.3 Å². The van der Waals surface area contributed by atoms with Crippen molar-refractivity contribution in [3.05, 3.63) is 77.9 Å². The number of hydrogen-bond donors (Lipinski definition) is 1. The number of fused-ring (bicyclic) bond motifs is 1. The van der Waals surface area contributed by atoms with Gasteiger partial charge in [0.15, 0.2) is 5.82 Å². The predicted octanol–water partition coefficient (Wildman–Crippen LogP) is 3.98. The molecule has 0 radical (unpaired) electrons. The van der Waals surface area contributed by atoms with Crippen LogP contribution in [-0.4, -0.2) is 37.1 Å².